The van der Waals surface area contributed by atoms with E-state index in [-0.39, 0.29) is 11.5 Å². The van der Waals surface area contributed by atoms with E-state index in [9.17, 15) is 14.7 Å². The van der Waals surface area contributed by atoms with Crippen molar-refractivity contribution in [3.8, 4) is 0 Å². The van der Waals surface area contributed by atoms with Crippen LogP contribution < -0.4 is 10.0 Å². The molecule has 1 saturated heterocycles. The molecule has 5 nitrogen and oxygen atoms in total. The van der Waals surface area contributed by atoms with Crippen LogP contribution in [0.1, 0.15) is 16.1 Å². The molecule has 2 aromatic rings. The summed E-state index contributed by atoms with van der Waals surface area (Å²) in [4.78, 5) is 25.3. The number of rotatable bonds is 3. The molecule has 0 aliphatic carbocycles. The average Bonchev–Trinajstić information content (AvgIpc) is 3.04. The Morgan fingerprint density at radius 2 is 1.96 bits per heavy atom. The van der Waals surface area contributed by atoms with Crippen molar-refractivity contribution in [2.45, 2.75) is 0 Å². The van der Waals surface area contributed by atoms with Gasteiger partial charge in [0.2, 0.25) is 0 Å². The van der Waals surface area contributed by atoms with E-state index in [0.717, 1.165) is 5.69 Å². The molecule has 7 heteroatoms. The molecule has 116 valence electrons. The fourth-order valence-electron chi connectivity index (χ4n) is 2.20. The fraction of sp³-hybridized carbons (Fsp3) is 0.0625. The highest BCUT2D eigenvalue weighted by molar-refractivity contribution is 8.27. The molecule has 23 heavy (non-hydrogen) atoms. The number of anilines is 1. The van der Waals surface area contributed by atoms with Crippen molar-refractivity contribution in [1.82, 2.24) is 4.57 Å². The van der Waals surface area contributed by atoms with E-state index in [2.05, 4.69) is 0 Å². The number of benzene rings is 1. The lowest BCUT2D eigenvalue weighted by Gasteiger charge is -2.15. The number of nitrogens with zero attached hydrogens (tertiary/aromatic N) is 2. The molecule has 0 saturated carbocycles. The third kappa shape index (κ3) is 2.93. The summed E-state index contributed by atoms with van der Waals surface area (Å²) in [5, 5.41) is 10.8. The summed E-state index contributed by atoms with van der Waals surface area (Å²) in [6, 6.07) is 9.67. The fourth-order valence-corrected chi connectivity index (χ4v) is 3.48. The number of thioether (sulfide) groups is 1. The van der Waals surface area contributed by atoms with Crippen LogP contribution in [0.25, 0.3) is 6.08 Å². The number of thiocarbonyl (C=S) groups is 1. The Labute approximate surface area is 142 Å². The zero-order chi connectivity index (χ0) is 16.6. The first kappa shape index (κ1) is 15.5. The maximum absolute atomic E-state index is 12.6. The molecule has 1 fully saturated rings. The largest absolute Gasteiger partial charge is 0.545 e. The summed E-state index contributed by atoms with van der Waals surface area (Å²) in [7, 11) is 1.89. The first-order valence-electron chi connectivity index (χ1n) is 6.68. The zero-order valence-corrected chi connectivity index (χ0v) is 13.7. The molecule has 2 heterocycles. The van der Waals surface area contributed by atoms with Gasteiger partial charge in [-0.1, -0.05) is 36.1 Å². The van der Waals surface area contributed by atoms with Crippen LogP contribution in [-0.4, -0.2) is 20.8 Å². The van der Waals surface area contributed by atoms with Crippen molar-refractivity contribution in [2.24, 2.45) is 7.05 Å². The van der Waals surface area contributed by atoms with E-state index >= 15 is 0 Å². The molecular weight excluding hydrogens is 332 g/mol. The molecule has 3 rings (SSSR count). The van der Waals surface area contributed by atoms with Gasteiger partial charge in [0, 0.05) is 18.9 Å². The molecule has 0 unspecified atom stereocenters. The quantitative estimate of drug-likeness (QED) is 0.628. The summed E-state index contributed by atoms with van der Waals surface area (Å²) < 4.78 is 2.32. The number of carboxylic acids is 1. The Morgan fingerprint density at radius 3 is 2.52 bits per heavy atom. The molecule has 0 spiro atoms. The minimum absolute atomic E-state index is 0.0542. The van der Waals surface area contributed by atoms with Gasteiger partial charge >= 0.3 is 0 Å². The first-order valence-corrected chi connectivity index (χ1v) is 7.90. The van der Waals surface area contributed by atoms with Gasteiger partial charge in [0.15, 0.2) is 4.32 Å². The summed E-state index contributed by atoms with van der Waals surface area (Å²) in [5.41, 5.74) is 1.49. The van der Waals surface area contributed by atoms with Crippen molar-refractivity contribution >= 4 is 51.9 Å². The second-order valence-corrected chi connectivity index (χ2v) is 6.57. The van der Waals surface area contributed by atoms with Crippen LogP contribution in [0.4, 0.5) is 5.69 Å². The Kier molecular flexibility index (Phi) is 4.06. The summed E-state index contributed by atoms with van der Waals surface area (Å²) >= 11 is 6.50. The van der Waals surface area contributed by atoms with Crippen molar-refractivity contribution in [3.05, 3.63) is 58.8 Å². The van der Waals surface area contributed by atoms with Crippen LogP contribution in [0.5, 0.6) is 0 Å². The number of aryl methyl sites for hydroxylation is 1. The molecular formula is C16H11N2O3S2-. The lowest BCUT2D eigenvalue weighted by molar-refractivity contribution is -0.255. The summed E-state index contributed by atoms with van der Waals surface area (Å²) in [6.45, 7) is 0. The monoisotopic (exact) mass is 343 g/mol. The van der Waals surface area contributed by atoms with Crippen molar-refractivity contribution < 1.29 is 14.7 Å². The Bertz CT molecular complexity index is 837. The molecule has 1 aromatic heterocycles. The van der Waals surface area contributed by atoms with Crippen LogP contribution in [0.2, 0.25) is 0 Å². The standard InChI is InChI=1S/C16H12N2O3S2/c1-17-8-2-3-12(17)9-13-14(19)18(16(22)23-13)11-6-4-10(5-7-11)15(20)21/h2-9H,1H3,(H,20,21)/p-1/b13-9+. The van der Waals surface area contributed by atoms with E-state index in [1.165, 1.54) is 28.8 Å². The van der Waals surface area contributed by atoms with Gasteiger partial charge in [0.25, 0.3) is 5.91 Å². The van der Waals surface area contributed by atoms with Crippen LogP contribution in [0.3, 0.4) is 0 Å². The average molecular weight is 343 g/mol. The van der Waals surface area contributed by atoms with Crippen molar-refractivity contribution in [1.29, 1.82) is 0 Å². The second-order valence-electron chi connectivity index (χ2n) is 4.90. The van der Waals surface area contributed by atoms with Gasteiger partial charge < -0.3 is 14.5 Å². The Hall–Kier alpha value is -2.38. The first-order chi connectivity index (χ1) is 11.0. The molecule has 1 amide bonds. The number of hydrogen-bond acceptors (Lipinski definition) is 5. The van der Waals surface area contributed by atoms with Crippen LogP contribution in [-0.2, 0) is 11.8 Å². The molecule has 0 bridgehead atoms. The lowest BCUT2D eigenvalue weighted by Crippen LogP contribution is -2.28. The van der Waals surface area contributed by atoms with Crippen molar-refractivity contribution in [2.75, 3.05) is 4.90 Å². The normalized spacial score (nSPS) is 16.4. The van der Waals surface area contributed by atoms with Gasteiger partial charge in [-0.2, -0.15) is 0 Å². The number of amides is 1. The van der Waals surface area contributed by atoms with Gasteiger partial charge in [0.05, 0.1) is 16.6 Å². The molecule has 1 aromatic carbocycles. The predicted molar refractivity (Wildman–Crippen MR) is 91.8 cm³/mol. The zero-order valence-electron chi connectivity index (χ0n) is 12.1. The Morgan fingerprint density at radius 1 is 1.26 bits per heavy atom. The van der Waals surface area contributed by atoms with Crippen LogP contribution >= 0.6 is 24.0 Å². The highest BCUT2D eigenvalue weighted by Gasteiger charge is 2.33. The topological polar surface area (TPSA) is 65.4 Å². The van der Waals surface area contributed by atoms with E-state index in [0.29, 0.717) is 14.9 Å². The van der Waals surface area contributed by atoms with Gasteiger partial charge in [0.1, 0.15) is 0 Å². The molecule has 0 N–H and O–H groups in total. The number of carboxylic acid groups (broad SMARTS) is 1. The number of aromatic carboxylic acids is 1. The van der Waals surface area contributed by atoms with Gasteiger partial charge in [-0.05, 0) is 35.9 Å². The highest BCUT2D eigenvalue weighted by Crippen LogP contribution is 2.36. The van der Waals surface area contributed by atoms with E-state index in [1.54, 1.807) is 18.2 Å². The lowest BCUT2D eigenvalue weighted by atomic mass is 10.2. The Balaban J connectivity index is 1.91. The second kappa shape index (κ2) is 6.02. The minimum Gasteiger partial charge on any atom is -0.545 e. The van der Waals surface area contributed by atoms with E-state index < -0.39 is 5.97 Å². The maximum Gasteiger partial charge on any atom is 0.270 e. The van der Waals surface area contributed by atoms with E-state index in [1.807, 2.05) is 29.9 Å². The number of aromatic nitrogens is 1. The third-order valence-corrected chi connectivity index (χ3v) is 4.72. The number of carbonyl (C=O) groups excluding carboxylic acids is 2. The van der Waals surface area contributed by atoms with Crippen LogP contribution in [0, 0.1) is 0 Å². The van der Waals surface area contributed by atoms with Crippen molar-refractivity contribution in [3.63, 3.8) is 0 Å². The SMILES string of the molecule is Cn1cccc1/C=C1/SC(=S)N(c2ccc(C(=O)[O-])cc2)C1=O. The number of carbonyl (C=O) groups is 2. The minimum atomic E-state index is -1.26. The summed E-state index contributed by atoms with van der Waals surface area (Å²) in [5.74, 6) is -1.48. The van der Waals surface area contributed by atoms with Gasteiger partial charge in [-0.3, -0.25) is 9.69 Å². The molecule has 0 atom stereocenters. The molecule has 1 aliphatic rings. The predicted octanol–water partition coefficient (Wildman–Crippen LogP) is 1.79. The van der Waals surface area contributed by atoms with Gasteiger partial charge in [-0.25, -0.2) is 0 Å². The molecule has 0 radical (unpaired) electrons. The number of hydrogen-bond donors (Lipinski definition) is 0. The summed E-state index contributed by atoms with van der Waals surface area (Å²) in [6.07, 6.45) is 3.68. The van der Waals surface area contributed by atoms with Crippen LogP contribution in [0.15, 0.2) is 47.5 Å². The smallest absolute Gasteiger partial charge is 0.270 e. The molecule has 1 aliphatic heterocycles. The third-order valence-electron chi connectivity index (χ3n) is 3.42. The van der Waals surface area contributed by atoms with E-state index in [4.69, 9.17) is 12.2 Å². The highest BCUT2D eigenvalue weighted by atomic mass is 32.2. The van der Waals surface area contributed by atoms with Gasteiger partial charge in [-0.15, -0.1) is 0 Å². The maximum atomic E-state index is 12.6.